The fourth-order valence-electron chi connectivity index (χ4n) is 15.6. The van der Waals surface area contributed by atoms with Gasteiger partial charge >= 0.3 is 0 Å². The highest BCUT2D eigenvalue weighted by Gasteiger charge is 2.44. The third-order valence-corrected chi connectivity index (χ3v) is 20.5. The average Bonchev–Trinajstić information content (AvgIpc) is 4.24. The van der Waals surface area contributed by atoms with Gasteiger partial charge in [0.15, 0.2) is 0 Å². The van der Waals surface area contributed by atoms with E-state index in [2.05, 4.69) is 216 Å². The summed E-state index contributed by atoms with van der Waals surface area (Å²) in [5.74, 6) is 0. The fraction of sp³-hybridized carbons (Fsp3) is 0.385. The molecule has 0 unspecified atom stereocenters. The molecule has 0 aliphatic heterocycles. The van der Waals surface area contributed by atoms with E-state index in [4.69, 9.17) is 0 Å². The Bertz CT molecular complexity index is 3620. The molecule has 4 aliphatic carbocycles. The van der Waals surface area contributed by atoms with Gasteiger partial charge in [-0.2, -0.15) is 0 Å². The molecule has 78 heavy (non-hydrogen) atoms. The van der Waals surface area contributed by atoms with Crippen molar-refractivity contribution in [1.82, 2.24) is 0 Å². The lowest BCUT2D eigenvalue weighted by atomic mass is 9.70. The second kappa shape index (κ2) is 20.1. The lowest BCUT2D eigenvalue weighted by Crippen LogP contribution is -2.25. The molecule has 0 atom stereocenters. The smallest absolute Gasteiger partial charge is 0.0215 e. The molecule has 398 valence electrons. The number of hydrogen-bond acceptors (Lipinski definition) is 0. The highest BCUT2D eigenvalue weighted by atomic mass is 14.5. The van der Waals surface area contributed by atoms with E-state index in [0.29, 0.717) is 0 Å². The zero-order valence-corrected chi connectivity index (χ0v) is 49.4. The maximum absolute atomic E-state index is 2.64. The molecule has 0 fully saturated rings. The Hall–Kier alpha value is -6.24. The van der Waals surface area contributed by atoms with E-state index < -0.39 is 0 Å². The number of benzene rings is 8. The highest BCUT2D eigenvalue weighted by Crippen LogP contribution is 2.58. The molecule has 8 aromatic rings. The second-order valence-electron chi connectivity index (χ2n) is 26.2. The van der Waals surface area contributed by atoms with Gasteiger partial charge in [-0.3, -0.25) is 0 Å². The Morgan fingerprint density at radius 2 is 0.679 bits per heavy atom. The lowest BCUT2D eigenvalue weighted by Gasteiger charge is -2.33. The fourth-order valence-corrected chi connectivity index (χ4v) is 15.6. The summed E-state index contributed by atoms with van der Waals surface area (Å²) in [4.78, 5) is 0. The van der Waals surface area contributed by atoms with Crippen LogP contribution >= 0.6 is 0 Å². The molecule has 0 nitrogen and oxygen atoms in total. The summed E-state index contributed by atoms with van der Waals surface area (Å²) in [6.07, 6.45) is 19.6. The molecule has 0 saturated carbocycles. The summed E-state index contributed by atoms with van der Waals surface area (Å²) in [7, 11) is 0. The van der Waals surface area contributed by atoms with E-state index >= 15 is 0 Å². The predicted octanol–water partition coefficient (Wildman–Crippen LogP) is 22.6. The SMILES string of the molecule is CCCCCCCCC1(CCCCCCCC)c2ccccc2-c2ccc(-c3ccc4c(c3)C(C)(C)c3cc(-c5ccc6c(c5)C(C)(C)c5cc(-c7cc8c(c(C)c7C)-c7ccc(CC)cc7C8(C)C)ccc5-6)ccc3-4)cc21. The van der Waals surface area contributed by atoms with Gasteiger partial charge in [-0.25, -0.2) is 0 Å². The summed E-state index contributed by atoms with van der Waals surface area (Å²) in [5, 5.41) is 0. The summed E-state index contributed by atoms with van der Waals surface area (Å²) < 4.78 is 0. The zero-order chi connectivity index (χ0) is 54.3. The van der Waals surface area contributed by atoms with Gasteiger partial charge < -0.3 is 0 Å². The molecule has 0 radical (unpaired) electrons. The van der Waals surface area contributed by atoms with Gasteiger partial charge in [0.05, 0.1) is 0 Å². The van der Waals surface area contributed by atoms with Gasteiger partial charge in [0.1, 0.15) is 0 Å². The first-order valence-electron chi connectivity index (χ1n) is 30.8. The molecule has 0 spiro atoms. The van der Waals surface area contributed by atoms with Crippen molar-refractivity contribution in [2.75, 3.05) is 0 Å². The van der Waals surface area contributed by atoms with Crippen molar-refractivity contribution in [3.8, 4) is 77.9 Å². The van der Waals surface area contributed by atoms with Crippen LogP contribution in [-0.2, 0) is 28.1 Å². The number of fused-ring (bicyclic) bond motifs is 12. The first-order chi connectivity index (χ1) is 37.6. The van der Waals surface area contributed by atoms with E-state index in [0.717, 1.165) is 6.42 Å². The van der Waals surface area contributed by atoms with Gasteiger partial charge in [-0.15, -0.1) is 0 Å². The Kier molecular flexibility index (Phi) is 13.5. The summed E-state index contributed by atoms with van der Waals surface area (Å²) in [6, 6.07) is 56.2. The number of hydrogen-bond donors (Lipinski definition) is 0. The van der Waals surface area contributed by atoms with Crippen LogP contribution in [0.15, 0.2) is 140 Å². The van der Waals surface area contributed by atoms with Crippen LogP contribution in [0.2, 0.25) is 0 Å². The molecule has 0 amide bonds. The summed E-state index contributed by atoms with van der Waals surface area (Å²) in [6.45, 7) is 26.3. The standard InChI is InChI=1S/C78H86/c1-12-15-17-19-21-25-41-78(42-26-22-20-18-16-13-2)66-28-24-23-27-58(66)63-39-33-56(47-72(63)78)55-32-38-60-59-36-30-53(44-68(59)75(6,7)69(60)46-55)54-31-37-61-62-40-34-57(48-71(62)76(8,9)70(61)45-54)65-49-73-74(51(5)50(65)4)64-35-29-52(14-3)43-67(64)77(73,10)11/h23-24,27-40,43-49H,12-22,25-26,41-42H2,1-11H3. The van der Waals surface area contributed by atoms with E-state index in [1.807, 2.05) is 0 Å². The van der Waals surface area contributed by atoms with Crippen LogP contribution in [0.3, 0.4) is 0 Å². The largest absolute Gasteiger partial charge is 0.0654 e. The average molecular weight is 1020 g/mol. The molecule has 0 aromatic heterocycles. The minimum Gasteiger partial charge on any atom is -0.0654 e. The normalized spacial score (nSPS) is 15.8. The third-order valence-electron chi connectivity index (χ3n) is 20.5. The lowest BCUT2D eigenvalue weighted by molar-refractivity contribution is 0.398. The Labute approximate surface area is 470 Å². The van der Waals surface area contributed by atoms with Crippen molar-refractivity contribution < 1.29 is 0 Å². The van der Waals surface area contributed by atoms with Crippen molar-refractivity contribution in [2.45, 2.75) is 194 Å². The van der Waals surface area contributed by atoms with E-state index in [-0.39, 0.29) is 21.7 Å². The maximum Gasteiger partial charge on any atom is 0.0215 e. The van der Waals surface area contributed by atoms with Gasteiger partial charge in [0.25, 0.3) is 0 Å². The monoisotopic (exact) mass is 1020 g/mol. The van der Waals surface area contributed by atoms with Crippen LogP contribution in [-0.4, -0.2) is 0 Å². The van der Waals surface area contributed by atoms with E-state index in [9.17, 15) is 0 Å². The molecule has 8 aromatic carbocycles. The Balaban J connectivity index is 0.835. The molecule has 12 rings (SSSR count). The summed E-state index contributed by atoms with van der Waals surface area (Å²) in [5.41, 5.74) is 35.1. The van der Waals surface area contributed by atoms with Crippen LogP contribution in [0.4, 0.5) is 0 Å². The van der Waals surface area contributed by atoms with Crippen molar-refractivity contribution in [2.24, 2.45) is 0 Å². The van der Waals surface area contributed by atoms with Gasteiger partial charge in [0, 0.05) is 21.7 Å². The van der Waals surface area contributed by atoms with Gasteiger partial charge in [-0.05, 0) is 209 Å². The quantitative estimate of drug-likeness (QED) is 0.0752. The molecular weight excluding hydrogens is 937 g/mol. The van der Waals surface area contributed by atoms with Gasteiger partial charge in [-0.1, -0.05) is 242 Å². The third kappa shape index (κ3) is 8.35. The van der Waals surface area contributed by atoms with Crippen LogP contribution in [0.5, 0.6) is 0 Å². The Morgan fingerprint density at radius 1 is 0.295 bits per heavy atom. The zero-order valence-electron chi connectivity index (χ0n) is 49.4. The van der Waals surface area contributed by atoms with Crippen molar-refractivity contribution >= 4 is 0 Å². The maximum atomic E-state index is 2.64. The van der Waals surface area contributed by atoms with Crippen LogP contribution in [0, 0.1) is 13.8 Å². The number of unbranched alkanes of at least 4 members (excludes halogenated alkanes) is 10. The second-order valence-corrected chi connectivity index (χ2v) is 26.2. The molecule has 0 heterocycles. The van der Waals surface area contributed by atoms with Gasteiger partial charge in [0.2, 0.25) is 0 Å². The van der Waals surface area contributed by atoms with Crippen LogP contribution in [0.25, 0.3) is 77.9 Å². The topological polar surface area (TPSA) is 0 Å². The molecule has 0 bridgehead atoms. The molecule has 0 saturated heterocycles. The molecule has 0 N–H and O–H groups in total. The van der Waals surface area contributed by atoms with E-state index in [1.54, 1.807) is 11.1 Å². The van der Waals surface area contributed by atoms with Crippen LogP contribution in [0.1, 0.15) is 213 Å². The van der Waals surface area contributed by atoms with Crippen LogP contribution < -0.4 is 0 Å². The summed E-state index contributed by atoms with van der Waals surface area (Å²) >= 11 is 0. The first-order valence-corrected chi connectivity index (χ1v) is 30.8. The minimum atomic E-state index is -0.145. The highest BCUT2D eigenvalue weighted by molar-refractivity contribution is 5.92. The number of aryl methyl sites for hydroxylation is 1. The molecule has 4 aliphatic rings. The number of rotatable bonds is 18. The minimum absolute atomic E-state index is 0.0474. The predicted molar refractivity (Wildman–Crippen MR) is 336 cm³/mol. The van der Waals surface area contributed by atoms with Crippen molar-refractivity contribution in [3.63, 3.8) is 0 Å². The molecular formula is C78H86. The first kappa shape index (κ1) is 52.5. The molecule has 0 heteroatoms. The van der Waals surface area contributed by atoms with E-state index in [1.165, 1.54) is 218 Å². The van der Waals surface area contributed by atoms with Crippen molar-refractivity contribution in [3.05, 3.63) is 201 Å². The Morgan fingerprint density at radius 3 is 1.18 bits per heavy atom. The van der Waals surface area contributed by atoms with Crippen molar-refractivity contribution in [1.29, 1.82) is 0 Å².